The van der Waals surface area contributed by atoms with E-state index in [2.05, 4.69) is 13.8 Å². The van der Waals surface area contributed by atoms with Crippen molar-refractivity contribution < 1.29 is 42.5 Å². The highest BCUT2D eigenvalue weighted by Crippen LogP contribution is 2.43. The molecule has 0 aliphatic rings. The smallest absolute Gasteiger partial charge is 0.462 e. The number of nitrogens with one attached hydrogen (secondary N) is 1. The van der Waals surface area contributed by atoms with Crippen molar-refractivity contribution in [3.05, 3.63) is 0 Å². The van der Waals surface area contributed by atoms with Crippen LogP contribution in [-0.2, 0) is 32.7 Å². The van der Waals surface area contributed by atoms with Crippen LogP contribution in [0.25, 0.3) is 0 Å². The Morgan fingerprint density at radius 1 is 0.509 bits per heavy atom. The second kappa shape index (κ2) is 39.3. The first-order valence-electron chi connectivity index (χ1n) is 22.5. The van der Waals surface area contributed by atoms with Gasteiger partial charge in [0, 0.05) is 12.8 Å². The van der Waals surface area contributed by atoms with E-state index in [1.807, 2.05) is 14.1 Å². The highest BCUT2D eigenvalue weighted by molar-refractivity contribution is 7.47. The third-order valence-corrected chi connectivity index (χ3v) is 11.0. The molecule has 0 aliphatic carbocycles. The van der Waals surface area contributed by atoms with Gasteiger partial charge in [-0.3, -0.25) is 18.6 Å². The number of esters is 2. The molecule has 0 fully saturated rings. The van der Waals surface area contributed by atoms with Gasteiger partial charge in [-0.2, -0.15) is 0 Å². The first-order chi connectivity index (χ1) is 25.7. The van der Waals surface area contributed by atoms with Crippen molar-refractivity contribution in [2.45, 2.75) is 225 Å². The molecule has 316 valence electrons. The van der Waals surface area contributed by atoms with Gasteiger partial charge in [-0.15, -0.1) is 0 Å². The lowest BCUT2D eigenvalue weighted by Gasteiger charge is -2.20. The van der Waals surface area contributed by atoms with Crippen molar-refractivity contribution in [2.24, 2.45) is 0 Å². The molecule has 0 aromatic heterocycles. The maximum Gasteiger partial charge on any atom is 0.472 e. The lowest BCUT2D eigenvalue weighted by Crippen LogP contribution is -3.06. The van der Waals surface area contributed by atoms with E-state index in [4.69, 9.17) is 18.5 Å². The number of carbonyl (C=O) groups is 2. The Labute approximate surface area is 327 Å². The number of rotatable bonds is 42. The number of unbranched alkanes of at least 4 members (excludes halogenated alkanes) is 28. The second-order valence-corrected chi connectivity index (χ2v) is 17.2. The second-order valence-electron chi connectivity index (χ2n) is 15.7. The SMILES string of the molecule is CCCCCCCCCCCCCCCCCC(=O)OCC(COP(=O)(O)OCC[NH+](C)C)OC(=O)CCCCCCCCCCCCCCCCC. The van der Waals surface area contributed by atoms with Crippen LogP contribution in [0.2, 0.25) is 0 Å². The van der Waals surface area contributed by atoms with E-state index < -0.39 is 19.9 Å². The Kier molecular flexibility index (Phi) is 38.5. The summed E-state index contributed by atoms with van der Waals surface area (Å²) < 4.78 is 33.5. The van der Waals surface area contributed by atoms with Gasteiger partial charge in [0.05, 0.1) is 20.7 Å². The average molecular weight is 777 g/mol. The molecule has 2 unspecified atom stereocenters. The number of carbonyl (C=O) groups excluding carboxylic acids is 2. The number of quaternary nitrogens is 1. The molecule has 0 heterocycles. The first-order valence-corrected chi connectivity index (χ1v) is 24.0. The largest absolute Gasteiger partial charge is 0.472 e. The summed E-state index contributed by atoms with van der Waals surface area (Å²) in [5.74, 6) is -0.780. The molecule has 2 N–H and O–H groups in total. The summed E-state index contributed by atoms with van der Waals surface area (Å²) in [7, 11) is -0.516. The van der Waals surface area contributed by atoms with Gasteiger partial charge in [-0.05, 0) is 12.8 Å². The predicted molar refractivity (Wildman–Crippen MR) is 219 cm³/mol. The van der Waals surface area contributed by atoms with Crippen LogP contribution < -0.4 is 4.90 Å². The molecule has 0 bridgehead atoms. The molecule has 0 saturated heterocycles. The van der Waals surface area contributed by atoms with Crippen molar-refractivity contribution in [1.82, 2.24) is 0 Å². The Morgan fingerprint density at radius 3 is 1.21 bits per heavy atom. The zero-order chi connectivity index (χ0) is 39.1. The minimum absolute atomic E-state index is 0.0496. The quantitative estimate of drug-likeness (QED) is 0.0358. The monoisotopic (exact) mass is 777 g/mol. The Bertz CT molecular complexity index is 858. The van der Waals surface area contributed by atoms with E-state index in [0.29, 0.717) is 13.0 Å². The number of phosphoric acid groups is 1. The van der Waals surface area contributed by atoms with E-state index in [-0.39, 0.29) is 32.2 Å². The van der Waals surface area contributed by atoms with Gasteiger partial charge in [0.1, 0.15) is 19.8 Å². The highest BCUT2D eigenvalue weighted by atomic mass is 31.2. The summed E-state index contributed by atoms with van der Waals surface area (Å²) >= 11 is 0. The summed E-state index contributed by atoms with van der Waals surface area (Å²) in [6.07, 6.45) is 37.1. The summed E-state index contributed by atoms with van der Waals surface area (Å²) in [4.78, 5) is 36.3. The van der Waals surface area contributed by atoms with Crippen LogP contribution in [0.4, 0.5) is 0 Å². The summed E-state index contributed by atoms with van der Waals surface area (Å²) in [5, 5.41) is 0. The molecular weight excluding hydrogens is 689 g/mol. The molecule has 0 aromatic carbocycles. The van der Waals surface area contributed by atoms with E-state index >= 15 is 0 Å². The molecule has 0 saturated carbocycles. The number of phosphoric ester groups is 1. The molecule has 0 aliphatic heterocycles. The number of hydrogen-bond acceptors (Lipinski definition) is 7. The fourth-order valence-electron chi connectivity index (χ4n) is 6.48. The van der Waals surface area contributed by atoms with Crippen LogP contribution in [0.3, 0.4) is 0 Å². The van der Waals surface area contributed by atoms with Crippen LogP contribution >= 0.6 is 7.82 Å². The summed E-state index contributed by atoms with van der Waals surface area (Å²) in [6.45, 7) is 4.50. The third-order valence-electron chi connectivity index (χ3n) is 9.98. The molecule has 53 heavy (non-hydrogen) atoms. The Hall–Kier alpha value is -0.990. The zero-order valence-corrected chi connectivity index (χ0v) is 36.2. The molecule has 0 spiro atoms. The fourth-order valence-corrected chi connectivity index (χ4v) is 7.23. The van der Waals surface area contributed by atoms with Gasteiger partial charge < -0.3 is 19.3 Å². The first kappa shape index (κ1) is 52.0. The van der Waals surface area contributed by atoms with E-state index in [1.54, 1.807) is 0 Å². The van der Waals surface area contributed by atoms with Crippen molar-refractivity contribution in [2.75, 3.05) is 40.5 Å². The maximum absolute atomic E-state index is 12.6. The maximum atomic E-state index is 12.6. The van der Waals surface area contributed by atoms with Crippen LogP contribution in [0, 0.1) is 0 Å². The lowest BCUT2D eigenvalue weighted by molar-refractivity contribution is -0.858. The lowest BCUT2D eigenvalue weighted by atomic mass is 10.0. The fraction of sp³-hybridized carbons (Fsp3) is 0.953. The van der Waals surface area contributed by atoms with E-state index in [1.165, 1.54) is 154 Å². The van der Waals surface area contributed by atoms with Crippen molar-refractivity contribution in [1.29, 1.82) is 0 Å². The molecule has 10 heteroatoms. The molecular formula is C43H87NO8P+. The van der Waals surface area contributed by atoms with Crippen molar-refractivity contribution in [3.63, 3.8) is 0 Å². The molecule has 2 atom stereocenters. The minimum Gasteiger partial charge on any atom is -0.462 e. The number of likely N-dealkylation sites (N-methyl/N-ethyl adjacent to an activating group) is 1. The van der Waals surface area contributed by atoms with Crippen molar-refractivity contribution in [3.8, 4) is 0 Å². The zero-order valence-electron chi connectivity index (χ0n) is 35.3. The summed E-state index contributed by atoms with van der Waals surface area (Å²) in [5.41, 5.74) is 0. The minimum atomic E-state index is -4.34. The molecule has 0 rings (SSSR count). The number of hydrogen-bond donors (Lipinski definition) is 2. The van der Waals surface area contributed by atoms with E-state index in [0.717, 1.165) is 43.4 Å². The van der Waals surface area contributed by atoms with Crippen LogP contribution in [0.15, 0.2) is 0 Å². The van der Waals surface area contributed by atoms with E-state index in [9.17, 15) is 19.0 Å². The van der Waals surface area contributed by atoms with Gasteiger partial charge in [0.2, 0.25) is 0 Å². The molecule has 0 radical (unpaired) electrons. The molecule has 9 nitrogen and oxygen atoms in total. The predicted octanol–water partition coefficient (Wildman–Crippen LogP) is 11.2. The third kappa shape index (κ3) is 40.5. The topological polar surface area (TPSA) is 113 Å². The van der Waals surface area contributed by atoms with Crippen LogP contribution in [0.1, 0.15) is 219 Å². The van der Waals surface area contributed by atoms with Gasteiger partial charge in [-0.25, -0.2) is 4.57 Å². The highest BCUT2D eigenvalue weighted by Gasteiger charge is 2.26. The van der Waals surface area contributed by atoms with Gasteiger partial charge >= 0.3 is 19.8 Å². The Morgan fingerprint density at radius 2 is 0.849 bits per heavy atom. The number of ether oxygens (including phenoxy) is 2. The average Bonchev–Trinajstić information content (AvgIpc) is 3.12. The van der Waals surface area contributed by atoms with Gasteiger partial charge in [0.15, 0.2) is 6.10 Å². The Balaban J connectivity index is 4.23. The van der Waals surface area contributed by atoms with Crippen LogP contribution in [0.5, 0.6) is 0 Å². The normalized spacial score (nSPS) is 13.3. The summed E-state index contributed by atoms with van der Waals surface area (Å²) in [6, 6.07) is 0. The molecule has 0 aromatic rings. The van der Waals surface area contributed by atoms with Crippen molar-refractivity contribution >= 4 is 19.8 Å². The van der Waals surface area contributed by atoms with Gasteiger partial charge in [0.25, 0.3) is 0 Å². The van der Waals surface area contributed by atoms with Gasteiger partial charge in [-0.1, -0.05) is 194 Å². The standard InChI is InChI=1S/C43H86NO8P/c1-5-7-9-11-13-15-17-19-21-23-25-27-29-31-33-35-42(45)49-39-41(40-51-53(47,48)50-38-37-44(3)4)52-43(46)36-34-32-30-28-26-24-22-20-18-16-14-12-10-8-6-2/h41H,5-40H2,1-4H3,(H,47,48)/p+1. The van der Waals surface area contributed by atoms with Crippen LogP contribution in [-0.4, -0.2) is 63.4 Å². The molecule has 0 amide bonds.